The van der Waals surface area contributed by atoms with Crippen molar-refractivity contribution in [2.75, 3.05) is 12.3 Å². The minimum atomic E-state index is -0.127. The molecule has 1 aromatic carbocycles. The highest BCUT2D eigenvalue weighted by Gasteiger charge is 2.31. The summed E-state index contributed by atoms with van der Waals surface area (Å²) in [6.45, 7) is 0.831. The van der Waals surface area contributed by atoms with Gasteiger partial charge in [-0.05, 0) is 37.8 Å². The Hall–Kier alpha value is -2.02. The number of amides is 1. The van der Waals surface area contributed by atoms with Crippen molar-refractivity contribution in [2.24, 2.45) is 0 Å². The van der Waals surface area contributed by atoms with E-state index < -0.39 is 0 Å². The number of benzene rings is 1. The third-order valence-electron chi connectivity index (χ3n) is 5.22. The van der Waals surface area contributed by atoms with Crippen LogP contribution in [0.1, 0.15) is 50.3 Å². The van der Waals surface area contributed by atoms with E-state index in [0.29, 0.717) is 30.0 Å². The van der Waals surface area contributed by atoms with Gasteiger partial charge in [0, 0.05) is 17.7 Å². The van der Waals surface area contributed by atoms with E-state index in [9.17, 15) is 9.59 Å². The number of rotatable bonds is 8. The number of hydrogen-bond donors (Lipinski definition) is 1. The summed E-state index contributed by atoms with van der Waals surface area (Å²) < 4.78 is 3.21. The van der Waals surface area contributed by atoms with Crippen LogP contribution in [0.15, 0.2) is 35.1 Å². The van der Waals surface area contributed by atoms with Gasteiger partial charge in [-0.3, -0.25) is 4.79 Å². The highest BCUT2D eigenvalue weighted by Crippen LogP contribution is 2.39. The Morgan fingerprint density at radius 1 is 1.15 bits per heavy atom. The minimum absolute atomic E-state index is 0.0462. The van der Waals surface area contributed by atoms with E-state index in [2.05, 4.69) is 10.4 Å². The van der Waals surface area contributed by atoms with E-state index in [0.717, 1.165) is 24.4 Å². The summed E-state index contributed by atoms with van der Waals surface area (Å²) in [5.74, 6) is 1.77. The third kappa shape index (κ3) is 4.46. The lowest BCUT2D eigenvalue weighted by Crippen LogP contribution is -2.33. The third-order valence-corrected chi connectivity index (χ3v) is 6.59. The molecule has 0 atom stereocenters. The normalized spacial score (nSPS) is 17.3. The average Bonchev–Trinajstić information content (AvgIpc) is 3.29. The van der Waals surface area contributed by atoms with E-state index >= 15 is 0 Å². The molecular formula is C20H26N4O2S. The predicted molar refractivity (Wildman–Crippen MR) is 108 cm³/mol. The number of aromatic nitrogens is 3. The first-order valence-electron chi connectivity index (χ1n) is 9.86. The first kappa shape index (κ1) is 18.3. The maximum atomic E-state index is 12.8. The van der Waals surface area contributed by atoms with Gasteiger partial charge in [-0.1, -0.05) is 31.0 Å². The first-order valence-corrected chi connectivity index (χ1v) is 10.9. The number of para-hydroxylation sites is 1. The summed E-state index contributed by atoms with van der Waals surface area (Å²) in [4.78, 5) is 24.9. The molecule has 1 heterocycles. The van der Waals surface area contributed by atoms with Crippen LogP contribution in [0.25, 0.3) is 5.69 Å². The lowest BCUT2D eigenvalue weighted by Gasteiger charge is -2.08. The number of thioether (sulfide) groups is 1. The van der Waals surface area contributed by atoms with E-state index in [4.69, 9.17) is 0 Å². The molecule has 1 amide bonds. The molecule has 2 saturated carbocycles. The molecule has 0 bridgehead atoms. The fourth-order valence-electron chi connectivity index (χ4n) is 3.60. The number of nitrogens with zero attached hydrogens (tertiary/aromatic N) is 3. The van der Waals surface area contributed by atoms with Gasteiger partial charge in [-0.15, -0.1) is 11.8 Å². The molecule has 2 aliphatic rings. The van der Waals surface area contributed by atoms with Crippen molar-refractivity contribution in [3.63, 3.8) is 0 Å². The van der Waals surface area contributed by atoms with Crippen molar-refractivity contribution in [1.29, 1.82) is 0 Å². The smallest absolute Gasteiger partial charge is 0.350 e. The summed E-state index contributed by atoms with van der Waals surface area (Å²) in [6.07, 6.45) is 7.20. The Bertz CT molecular complexity index is 835. The Balaban J connectivity index is 1.36. The Labute approximate surface area is 163 Å². The van der Waals surface area contributed by atoms with E-state index in [1.54, 1.807) is 16.3 Å². The molecule has 0 spiro atoms. The topological polar surface area (TPSA) is 68.9 Å². The maximum Gasteiger partial charge on any atom is 0.350 e. The fraction of sp³-hybridized carbons (Fsp3) is 0.550. The molecule has 0 saturated heterocycles. The summed E-state index contributed by atoms with van der Waals surface area (Å²) in [5, 5.41) is 8.13. The number of hydrogen-bond acceptors (Lipinski definition) is 4. The Morgan fingerprint density at radius 3 is 2.59 bits per heavy atom. The number of nitrogens with one attached hydrogen (secondary N) is 1. The second kappa shape index (κ2) is 8.33. The van der Waals surface area contributed by atoms with Crippen molar-refractivity contribution in [3.8, 4) is 5.69 Å². The standard InChI is InChI=1S/C20H26N4O2S/c25-18(14-27-17-8-4-5-9-17)21-12-13-23-20(26)24(16-6-2-1-3-7-16)19(22-23)15-10-11-15/h1-3,6-7,15,17H,4-5,8-14H2,(H,21,25). The van der Waals surface area contributed by atoms with Gasteiger partial charge in [-0.2, -0.15) is 5.10 Å². The van der Waals surface area contributed by atoms with Crippen molar-refractivity contribution < 1.29 is 4.79 Å². The molecule has 4 rings (SSSR count). The average molecular weight is 387 g/mol. The molecule has 0 aliphatic heterocycles. The van der Waals surface area contributed by atoms with Gasteiger partial charge >= 0.3 is 5.69 Å². The van der Waals surface area contributed by atoms with Gasteiger partial charge in [0.25, 0.3) is 0 Å². The van der Waals surface area contributed by atoms with E-state index in [-0.39, 0.29) is 11.6 Å². The quantitative estimate of drug-likeness (QED) is 0.757. The largest absolute Gasteiger partial charge is 0.354 e. The number of carbonyl (C=O) groups is 1. The summed E-state index contributed by atoms with van der Waals surface area (Å²) >= 11 is 1.76. The van der Waals surface area contributed by atoms with Gasteiger partial charge in [-0.25, -0.2) is 14.0 Å². The Morgan fingerprint density at radius 2 is 1.89 bits per heavy atom. The monoisotopic (exact) mass is 386 g/mol. The molecule has 2 aliphatic carbocycles. The van der Waals surface area contributed by atoms with Crippen molar-refractivity contribution in [2.45, 2.75) is 56.2 Å². The molecule has 1 N–H and O–H groups in total. The van der Waals surface area contributed by atoms with Crippen molar-refractivity contribution in [1.82, 2.24) is 19.7 Å². The predicted octanol–water partition coefficient (Wildman–Crippen LogP) is 2.70. The molecule has 0 radical (unpaired) electrons. The number of carbonyl (C=O) groups excluding carboxylic acids is 1. The van der Waals surface area contributed by atoms with Crippen LogP contribution >= 0.6 is 11.8 Å². The molecular weight excluding hydrogens is 360 g/mol. The fourth-order valence-corrected chi connectivity index (χ4v) is 4.75. The van der Waals surface area contributed by atoms with Crippen LogP contribution in [-0.4, -0.2) is 37.8 Å². The lowest BCUT2D eigenvalue weighted by atomic mass is 10.3. The van der Waals surface area contributed by atoms with E-state index in [1.807, 2.05) is 30.3 Å². The summed E-state index contributed by atoms with van der Waals surface area (Å²) in [5.41, 5.74) is 0.727. The Kier molecular flexibility index (Phi) is 5.66. The van der Waals surface area contributed by atoms with Gasteiger partial charge in [0.05, 0.1) is 18.0 Å². The highest BCUT2D eigenvalue weighted by atomic mass is 32.2. The molecule has 7 heteroatoms. The first-order chi connectivity index (χ1) is 13.2. The van der Waals surface area contributed by atoms with Crippen molar-refractivity contribution >= 4 is 17.7 Å². The van der Waals surface area contributed by atoms with Crippen molar-refractivity contribution in [3.05, 3.63) is 46.6 Å². The van der Waals surface area contributed by atoms with Gasteiger partial charge < -0.3 is 5.32 Å². The van der Waals surface area contributed by atoms with Crippen LogP contribution < -0.4 is 11.0 Å². The van der Waals surface area contributed by atoms with Gasteiger partial charge in [0.15, 0.2) is 0 Å². The maximum absolute atomic E-state index is 12.8. The molecule has 0 unspecified atom stereocenters. The van der Waals surface area contributed by atoms with Gasteiger partial charge in [0.1, 0.15) is 5.82 Å². The zero-order valence-corrected chi connectivity index (χ0v) is 16.3. The zero-order valence-electron chi connectivity index (χ0n) is 15.5. The second-order valence-corrected chi connectivity index (χ2v) is 8.67. The molecule has 27 heavy (non-hydrogen) atoms. The van der Waals surface area contributed by atoms with Gasteiger partial charge in [0.2, 0.25) is 5.91 Å². The SMILES string of the molecule is O=C(CSC1CCCC1)NCCn1nc(C2CC2)n(-c2ccccc2)c1=O. The zero-order chi connectivity index (χ0) is 18.6. The molecule has 2 aromatic rings. The molecule has 1 aromatic heterocycles. The van der Waals surface area contributed by atoms with Crippen LogP contribution in [0.2, 0.25) is 0 Å². The molecule has 6 nitrogen and oxygen atoms in total. The molecule has 2 fully saturated rings. The van der Waals surface area contributed by atoms with Crippen LogP contribution in [0.4, 0.5) is 0 Å². The minimum Gasteiger partial charge on any atom is -0.354 e. The van der Waals surface area contributed by atoms with Crippen LogP contribution in [0.3, 0.4) is 0 Å². The summed E-state index contributed by atoms with van der Waals surface area (Å²) in [7, 11) is 0. The second-order valence-electron chi connectivity index (χ2n) is 7.38. The van der Waals surface area contributed by atoms with Crippen LogP contribution in [-0.2, 0) is 11.3 Å². The van der Waals surface area contributed by atoms with E-state index in [1.165, 1.54) is 30.4 Å². The highest BCUT2D eigenvalue weighted by molar-refractivity contribution is 8.00. The summed E-state index contributed by atoms with van der Waals surface area (Å²) in [6, 6.07) is 9.66. The van der Waals surface area contributed by atoms with Crippen LogP contribution in [0.5, 0.6) is 0 Å². The lowest BCUT2D eigenvalue weighted by molar-refractivity contribution is -0.118. The van der Waals surface area contributed by atoms with Crippen LogP contribution in [0, 0.1) is 0 Å². The molecule has 144 valence electrons.